The number of hydrogen-bond donors (Lipinski definition) is 1. The number of nitriles is 1. The molecular formula is C37H34F2N6O4S. The number of halogens is 2. The van der Waals surface area contributed by atoms with Crippen molar-refractivity contribution in [1.82, 2.24) is 14.9 Å². The number of rotatable bonds is 5. The van der Waals surface area contributed by atoms with Gasteiger partial charge in [-0.1, -0.05) is 11.3 Å². The van der Waals surface area contributed by atoms with Gasteiger partial charge in [0, 0.05) is 60.8 Å². The van der Waals surface area contributed by atoms with Gasteiger partial charge < -0.3 is 24.5 Å². The highest BCUT2D eigenvalue weighted by molar-refractivity contribution is 7.16. The van der Waals surface area contributed by atoms with Crippen molar-refractivity contribution in [2.24, 2.45) is 11.3 Å². The molecule has 1 saturated carbocycles. The van der Waals surface area contributed by atoms with Crippen molar-refractivity contribution in [2.75, 3.05) is 43.0 Å². The monoisotopic (exact) mass is 696 g/mol. The Bertz CT molecular complexity index is 2130. The molecule has 2 spiro atoms. The first-order valence-corrected chi connectivity index (χ1v) is 17.9. The second kappa shape index (κ2) is 11.2. The Kier molecular flexibility index (Phi) is 7.00. The van der Waals surface area contributed by atoms with Gasteiger partial charge in [-0.15, -0.1) is 0 Å². The largest absolute Gasteiger partial charge is 0.458 e. The van der Waals surface area contributed by atoms with E-state index in [0.717, 1.165) is 31.2 Å². The minimum absolute atomic E-state index is 0.0118. The lowest BCUT2D eigenvalue weighted by Crippen LogP contribution is -2.74. The van der Waals surface area contributed by atoms with Crippen LogP contribution < -0.4 is 9.80 Å². The number of pyridine rings is 1. The molecular weight excluding hydrogens is 663 g/mol. The number of aromatic nitrogens is 2. The average Bonchev–Trinajstić information content (AvgIpc) is 3.86. The Labute approximate surface area is 290 Å². The Morgan fingerprint density at radius 1 is 1.12 bits per heavy atom. The number of ether oxygens (including phenoxy) is 1. The molecule has 2 aliphatic carbocycles. The molecule has 4 aromatic rings. The van der Waals surface area contributed by atoms with Crippen LogP contribution in [0.15, 0.2) is 36.4 Å². The molecule has 5 aliphatic rings. The SMILES string of the molecule is CN(c1nc(-c2ccc(F)cc2)c(C#N)s1)c1c2c(nc3c(F)cc(N4CC5(CN(C(=O)C6CC(=O)OC67CCCC7)C5)C4)cc13)C(O)CC2. The number of thiazole rings is 1. The van der Waals surface area contributed by atoms with Gasteiger partial charge >= 0.3 is 5.97 Å². The number of amides is 1. The molecule has 0 bridgehead atoms. The number of aliphatic hydroxyl groups is 1. The molecule has 2 atom stereocenters. The van der Waals surface area contributed by atoms with E-state index >= 15 is 4.39 Å². The van der Waals surface area contributed by atoms with Crippen LogP contribution in [0.4, 0.5) is 25.3 Å². The number of fused-ring (bicyclic) bond motifs is 2. The summed E-state index contributed by atoms with van der Waals surface area (Å²) in [6.07, 6.45) is 3.78. The van der Waals surface area contributed by atoms with Gasteiger partial charge in [0.15, 0.2) is 10.9 Å². The number of hydrogen-bond acceptors (Lipinski definition) is 10. The molecule has 10 nitrogen and oxygen atoms in total. The number of aliphatic hydroxyl groups excluding tert-OH is 1. The van der Waals surface area contributed by atoms with E-state index in [2.05, 4.69) is 16.0 Å². The second-order valence-electron chi connectivity index (χ2n) is 14.6. The minimum atomic E-state index is -0.821. The van der Waals surface area contributed by atoms with E-state index in [1.807, 2.05) is 22.9 Å². The van der Waals surface area contributed by atoms with Gasteiger partial charge in [0.25, 0.3) is 0 Å². The van der Waals surface area contributed by atoms with Gasteiger partial charge in [-0.3, -0.25) is 9.59 Å². The minimum Gasteiger partial charge on any atom is -0.458 e. The number of nitrogens with zero attached hydrogens (tertiary/aromatic N) is 6. The molecule has 3 aliphatic heterocycles. The first-order chi connectivity index (χ1) is 24.1. The van der Waals surface area contributed by atoms with Crippen molar-refractivity contribution in [3.8, 4) is 17.3 Å². The molecule has 5 heterocycles. The van der Waals surface area contributed by atoms with Crippen LogP contribution in [0.2, 0.25) is 0 Å². The van der Waals surface area contributed by atoms with Crippen LogP contribution in [-0.2, 0) is 20.7 Å². The van der Waals surface area contributed by atoms with Crippen LogP contribution >= 0.6 is 11.3 Å². The lowest BCUT2D eigenvalue weighted by molar-refractivity contribution is -0.158. The van der Waals surface area contributed by atoms with Crippen molar-refractivity contribution in [2.45, 2.75) is 56.7 Å². The lowest BCUT2D eigenvalue weighted by atomic mass is 9.71. The van der Waals surface area contributed by atoms with E-state index in [-0.39, 0.29) is 35.0 Å². The Morgan fingerprint density at radius 2 is 1.86 bits per heavy atom. The first-order valence-electron chi connectivity index (χ1n) is 17.1. The summed E-state index contributed by atoms with van der Waals surface area (Å²) < 4.78 is 35.4. The summed E-state index contributed by atoms with van der Waals surface area (Å²) in [5, 5.41) is 21.8. The van der Waals surface area contributed by atoms with E-state index in [1.54, 1.807) is 12.1 Å². The summed E-state index contributed by atoms with van der Waals surface area (Å²) >= 11 is 1.19. The number of anilines is 3. The smallest absolute Gasteiger partial charge is 0.307 e. The first kappa shape index (κ1) is 31.3. The molecule has 3 saturated heterocycles. The molecule has 256 valence electrons. The third kappa shape index (κ3) is 4.71. The van der Waals surface area contributed by atoms with E-state index in [4.69, 9.17) is 9.72 Å². The molecule has 4 fully saturated rings. The van der Waals surface area contributed by atoms with Crippen molar-refractivity contribution in [3.63, 3.8) is 0 Å². The molecule has 9 rings (SSSR count). The molecule has 0 radical (unpaired) electrons. The molecule has 1 amide bonds. The summed E-state index contributed by atoms with van der Waals surface area (Å²) in [5.41, 5.74) is 3.11. The van der Waals surface area contributed by atoms with E-state index < -0.39 is 23.4 Å². The van der Waals surface area contributed by atoms with Crippen LogP contribution in [0.5, 0.6) is 0 Å². The van der Waals surface area contributed by atoms with Crippen molar-refractivity contribution in [1.29, 1.82) is 5.26 Å². The summed E-state index contributed by atoms with van der Waals surface area (Å²) in [4.78, 5) is 41.3. The maximum atomic E-state index is 16.0. The van der Waals surface area contributed by atoms with Gasteiger partial charge in [-0.25, -0.2) is 18.7 Å². The highest BCUT2D eigenvalue weighted by Crippen LogP contribution is 2.50. The topological polar surface area (TPSA) is 123 Å². The fourth-order valence-corrected chi connectivity index (χ4v) is 9.85. The molecule has 2 unspecified atom stereocenters. The summed E-state index contributed by atoms with van der Waals surface area (Å²) in [6, 6.07) is 11.4. The van der Waals surface area contributed by atoms with E-state index in [0.29, 0.717) is 82.7 Å². The maximum Gasteiger partial charge on any atom is 0.307 e. The molecule has 2 aromatic heterocycles. The summed E-state index contributed by atoms with van der Waals surface area (Å²) in [7, 11) is 1.82. The van der Waals surface area contributed by atoms with Crippen LogP contribution in [0, 0.1) is 34.3 Å². The number of benzene rings is 2. The second-order valence-corrected chi connectivity index (χ2v) is 15.6. The van der Waals surface area contributed by atoms with Gasteiger partial charge in [0.05, 0.1) is 29.8 Å². The lowest BCUT2D eigenvalue weighted by Gasteiger charge is -2.61. The maximum absolute atomic E-state index is 16.0. The van der Waals surface area contributed by atoms with Crippen molar-refractivity contribution >= 4 is 50.6 Å². The molecule has 2 aromatic carbocycles. The predicted octanol–water partition coefficient (Wildman–Crippen LogP) is 5.78. The summed E-state index contributed by atoms with van der Waals surface area (Å²) in [6.45, 7) is 2.52. The van der Waals surface area contributed by atoms with Gasteiger partial charge in [0.2, 0.25) is 5.91 Å². The number of carbonyl (C=O) groups is 2. The quantitative estimate of drug-likeness (QED) is 0.259. The number of likely N-dealkylation sites (tertiary alicyclic amines) is 1. The molecule has 1 N–H and O–H groups in total. The van der Waals surface area contributed by atoms with Gasteiger partial charge in [-0.2, -0.15) is 5.26 Å². The van der Waals surface area contributed by atoms with Crippen LogP contribution in [0.25, 0.3) is 22.2 Å². The Balaban J connectivity index is 1.00. The third-order valence-corrected chi connectivity index (χ3v) is 12.5. The van der Waals surface area contributed by atoms with Gasteiger partial charge in [0.1, 0.15) is 33.6 Å². The van der Waals surface area contributed by atoms with Crippen LogP contribution in [0.1, 0.15) is 60.8 Å². The zero-order chi connectivity index (χ0) is 34.5. The number of esters is 1. The van der Waals surface area contributed by atoms with E-state index in [1.165, 1.54) is 29.5 Å². The van der Waals surface area contributed by atoms with Crippen LogP contribution in [0.3, 0.4) is 0 Å². The Hall–Kier alpha value is -4.67. The Morgan fingerprint density at radius 3 is 2.58 bits per heavy atom. The highest BCUT2D eigenvalue weighted by Gasteiger charge is 2.59. The fraction of sp³-hybridized carbons (Fsp3) is 0.432. The molecule has 50 heavy (non-hydrogen) atoms. The predicted molar refractivity (Wildman–Crippen MR) is 182 cm³/mol. The van der Waals surface area contributed by atoms with Crippen molar-refractivity contribution in [3.05, 3.63) is 64.2 Å². The normalized spacial score (nSPS) is 22.8. The number of carbonyl (C=O) groups excluding carboxylic acids is 2. The summed E-state index contributed by atoms with van der Waals surface area (Å²) in [5.74, 6) is -1.56. The fourth-order valence-electron chi connectivity index (χ4n) is 9.00. The standard InChI is InChI=1S/C37H34F2N6O4S/c1-43(35-42-30(28(15-40)50-35)20-4-6-21(38)7-5-20)33-23-8-9-27(46)32(23)41-31-24(33)12-22(13-26(31)39)44-16-36(17-44)18-45(19-36)34(48)25-14-29(47)49-37(25)10-2-3-11-37/h4-7,12-13,25,27,46H,2-3,8-11,14,16-19H2,1H3. The average molecular weight is 697 g/mol. The van der Waals surface area contributed by atoms with Gasteiger partial charge in [-0.05, 0) is 74.9 Å². The highest BCUT2D eigenvalue weighted by atomic mass is 32.1. The van der Waals surface area contributed by atoms with Crippen molar-refractivity contribution < 1.29 is 28.2 Å². The zero-order valence-corrected chi connectivity index (χ0v) is 28.2. The molecule has 13 heteroatoms. The third-order valence-electron chi connectivity index (χ3n) is 11.4. The van der Waals surface area contributed by atoms with Crippen LogP contribution in [-0.4, -0.2) is 70.7 Å². The zero-order valence-electron chi connectivity index (χ0n) is 27.4. The van der Waals surface area contributed by atoms with E-state index in [9.17, 15) is 24.3 Å².